The Bertz CT molecular complexity index is 630. The molecule has 2 N–H and O–H groups in total. The molecular weight excluding hydrogens is 298 g/mol. The number of para-hydroxylation sites is 1. The molecule has 22 heavy (non-hydrogen) atoms. The van der Waals surface area contributed by atoms with Gasteiger partial charge < -0.3 is 15.3 Å². The van der Waals surface area contributed by atoms with E-state index in [1.54, 1.807) is 22.4 Å². The van der Waals surface area contributed by atoms with Crippen molar-refractivity contribution in [1.82, 2.24) is 9.88 Å². The Balaban J connectivity index is 1.77. The van der Waals surface area contributed by atoms with Crippen LogP contribution < -0.4 is 5.32 Å². The van der Waals surface area contributed by atoms with Gasteiger partial charge in [0.1, 0.15) is 5.01 Å². The highest BCUT2D eigenvalue weighted by Crippen LogP contribution is 2.24. The molecule has 5 nitrogen and oxygen atoms in total. The lowest BCUT2D eigenvalue weighted by Gasteiger charge is -2.24. The number of hydrogen-bond donors (Lipinski definition) is 2. The number of thiazole rings is 1. The largest absolute Gasteiger partial charge is 0.394 e. The van der Waals surface area contributed by atoms with Crippen LogP contribution in [-0.4, -0.2) is 40.1 Å². The van der Waals surface area contributed by atoms with Crippen molar-refractivity contribution in [3.8, 4) is 0 Å². The number of aromatic nitrogens is 1. The molecule has 0 radical (unpaired) electrons. The van der Waals surface area contributed by atoms with E-state index < -0.39 is 0 Å². The van der Waals surface area contributed by atoms with Gasteiger partial charge in [0.15, 0.2) is 0 Å². The van der Waals surface area contributed by atoms with Gasteiger partial charge in [-0.2, -0.15) is 0 Å². The predicted molar refractivity (Wildman–Crippen MR) is 87.0 cm³/mol. The molecular formula is C16H19N3O2S. The van der Waals surface area contributed by atoms with Crippen LogP contribution in [0, 0.1) is 0 Å². The van der Waals surface area contributed by atoms with Crippen molar-refractivity contribution in [3.05, 3.63) is 46.4 Å². The molecule has 1 aromatic heterocycles. The van der Waals surface area contributed by atoms with Gasteiger partial charge >= 0.3 is 0 Å². The first-order valence-corrected chi connectivity index (χ1v) is 8.30. The fraction of sp³-hybridized carbons (Fsp3) is 0.375. The first kappa shape index (κ1) is 15.0. The number of likely N-dealkylation sites (tertiary alicyclic amines) is 1. The highest BCUT2D eigenvalue weighted by atomic mass is 32.1. The minimum atomic E-state index is -0.0560. The molecule has 1 aliphatic rings. The fourth-order valence-electron chi connectivity index (χ4n) is 2.78. The Hall–Kier alpha value is -1.92. The molecule has 2 heterocycles. The summed E-state index contributed by atoms with van der Waals surface area (Å²) >= 11 is 1.58. The summed E-state index contributed by atoms with van der Waals surface area (Å²) in [5, 5.41) is 15.6. The third-order valence-corrected chi connectivity index (χ3v) is 4.70. The highest BCUT2D eigenvalue weighted by Gasteiger charge is 2.29. The van der Waals surface area contributed by atoms with Crippen molar-refractivity contribution in [2.75, 3.05) is 18.5 Å². The number of benzene rings is 1. The van der Waals surface area contributed by atoms with Crippen LogP contribution in [0.5, 0.6) is 0 Å². The van der Waals surface area contributed by atoms with Crippen LogP contribution >= 0.6 is 11.3 Å². The second kappa shape index (κ2) is 6.89. The van der Waals surface area contributed by atoms with Gasteiger partial charge in [-0.05, 0) is 25.0 Å². The summed E-state index contributed by atoms with van der Waals surface area (Å²) < 4.78 is 0. The lowest BCUT2D eigenvalue weighted by molar-refractivity contribution is 0.0678. The number of nitrogens with one attached hydrogen (secondary N) is 1. The number of aliphatic hydroxyl groups is 1. The Kier molecular flexibility index (Phi) is 4.70. The Morgan fingerprint density at radius 1 is 1.45 bits per heavy atom. The van der Waals surface area contributed by atoms with E-state index in [1.807, 2.05) is 29.6 Å². The third-order valence-electron chi connectivity index (χ3n) is 3.92. The zero-order chi connectivity index (χ0) is 15.4. The molecule has 1 saturated heterocycles. The van der Waals surface area contributed by atoms with E-state index in [9.17, 15) is 9.90 Å². The molecule has 1 atom stereocenters. The van der Waals surface area contributed by atoms with Gasteiger partial charge in [0.2, 0.25) is 0 Å². The number of amides is 1. The Morgan fingerprint density at radius 3 is 3.09 bits per heavy atom. The molecule has 0 saturated carbocycles. The summed E-state index contributed by atoms with van der Waals surface area (Å²) in [5.41, 5.74) is 1.46. The molecule has 0 aliphatic carbocycles. The standard InChI is InChI=1S/C16H19N3O2S/c20-11-12-4-3-8-19(12)16(21)13-5-1-2-6-14(13)18-10-15-17-7-9-22-15/h1-2,5-7,9,12,18,20H,3-4,8,10-11H2. The maximum Gasteiger partial charge on any atom is 0.256 e. The molecule has 6 heteroatoms. The number of aliphatic hydroxyl groups excluding tert-OH is 1. The Morgan fingerprint density at radius 2 is 2.32 bits per heavy atom. The van der Waals surface area contributed by atoms with Crippen LogP contribution in [0.15, 0.2) is 35.8 Å². The van der Waals surface area contributed by atoms with E-state index >= 15 is 0 Å². The molecule has 1 unspecified atom stereocenters. The summed E-state index contributed by atoms with van der Waals surface area (Å²) in [6, 6.07) is 7.46. The van der Waals surface area contributed by atoms with Gasteiger partial charge in [0.25, 0.3) is 5.91 Å². The second-order valence-electron chi connectivity index (χ2n) is 5.30. The summed E-state index contributed by atoms with van der Waals surface area (Å²) in [4.78, 5) is 18.8. The van der Waals surface area contributed by atoms with E-state index in [0.717, 1.165) is 23.5 Å². The van der Waals surface area contributed by atoms with Crippen LogP contribution in [0.1, 0.15) is 28.2 Å². The number of anilines is 1. The van der Waals surface area contributed by atoms with Crippen LogP contribution in [0.4, 0.5) is 5.69 Å². The monoisotopic (exact) mass is 317 g/mol. The molecule has 1 amide bonds. The molecule has 2 aromatic rings. The van der Waals surface area contributed by atoms with Gasteiger partial charge in [0, 0.05) is 23.8 Å². The first-order valence-electron chi connectivity index (χ1n) is 7.42. The fourth-order valence-corrected chi connectivity index (χ4v) is 3.34. The average Bonchev–Trinajstić information content (AvgIpc) is 3.23. The average molecular weight is 317 g/mol. The zero-order valence-corrected chi connectivity index (χ0v) is 13.1. The molecule has 0 bridgehead atoms. The summed E-state index contributed by atoms with van der Waals surface area (Å²) in [6.45, 7) is 1.34. The first-order chi connectivity index (χ1) is 10.8. The summed E-state index contributed by atoms with van der Waals surface area (Å²) in [6.07, 6.45) is 3.59. The second-order valence-corrected chi connectivity index (χ2v) is 6.28. The summed E-state index contributed by atoms with van der Waals surface area (Å²) in [5.74, 6) is -0.0150. The van der Waals surface area contributed by atoms with E-state index in [1.165, 1.54) is 0 Å². The molecule has 1 aliphatic heterocycles. The van der Waals surface area contributed by atoms with Crippen LogP contribution in [0.25, 0.3) is 0 Å². The van der Waals surface area contributed by atoms with Crippen molar-refractivity contribution < 1.29 is 9.90 Å². The van der Waals surface area contributed by atoms with E-state index in [-0.39, 0.29) is 18.6 Å². The van der Waals surface area contributed by atoms with Crippen molar-refractivity contribution in [1.29, 1.82) is 0 Å². The van der Waals surface area contributed by atoms with Gasteiger partial charge in [0.05, 0.1) is 24.8 Å². The zero-order valence-electron chi connectivity index (χ0n) is 12.2. The molecule has 0 spiro atoms. The predicted octanol–water partition coefficient (Wildman–Crippen LogP) is 2.35. The van der Waals surface area contributed by atoms with Crippen molar-refractivity contribution in [3.63, 3.8) is 0 Å². The van der Waals surface area contributed by atoms with Gasteiger partial charge in [-0.15, -0.1) is 11.3 Å². The van der Waals surface area contributed by atoms with Gasteiger partial charge in [-0.3, -0.25) is 4.79 Å². The van der Waals surface area contributed by atoms with Crippen LogP contribution in [-0.2, 0) is 6.54 Å². The molecule has 1 fully saturated rings. The summed E-state index contributed by atoms with van der Waals surface area (Å²) in [7, 11) is 0. The normalized spacial score (nSPS) is 17.7. The van der Waals surface area contributed by atoms with Gasteiger partial charge in [-0.1, -0.05) is 12.1 Å². The van der Waals surface area contributed by atoms with E-state index in [2.05, 4.69) is 10.3 Å². The van der Waals surface area contributed by atoms with Crippen molar-refractivity contribution >= 4 is 22.9 Å². The molecule has 3 rings (SSSR count). The molecule has 116 valence electrons. The lowest BCUT2D eigenvalue weighted by atomic mass is 10.1. The number of nitrogens with zero attached hydrogens (tertiary/aromatic N) is 2. The molecule has 1 aromatic carbocycles. The SMILES string of the molecule is O=C(c1ccccc1NCc1nccs1)N1CCCC1CO. The minimum absolute atomic E-state index is 0.0150. The van der Waals surface area contributed by atoms with E-state index in [0.29, 0.717) is 18.7 Å². The highest BCUT2D eigenvalue weighted by molar-refractivity contribution is 7.09. The number of carbonyl (C=O) groups excluding carboxylic acids is 1. The van der Waals surface area contributed by atoms with Gasteiger partial charge in [-0.25, -0.2) is 4.98 Å². The van der Waals surface area contributed by atoms with Crippen molar-refractivity contribution in [2.45, 2.75) is 25.4 Å². The maximum atomic E-state index is 12.8. The third kappa shape index (κ3) is 3.13. The van der Waals surface area contributed by atoms with Crippen molar-refractivity contribution in [2.24, 2.45) is 0 Å². The Labute approximate surface area is 133 Å². The topological polar surface area (TPSA) is 65.5 Å². The minimum Gasteiger partial charge on any atom is -0.394 e. The quantitative estimate of drug-likeness (QED) is 0.888. The smallest absolute Gasteiger partial charge is 0.256 e. The lowest BCUT2D eigenvalue weighted by Crippen LogP contribution is -2.37. The number of hydrogen-bond acceptors (Lipinski definition) is 5. The maximum absolute atomic E-state index is 12.8. The van der Waals surface area contributed by atoms with E-state index in [4.69, 9.17) is 0 Å². The van der Waals surface area contributed by atoms with Crippen LogP contribution in [0.3, 0.4) is 0 Å². The number of carbonyl (C=O) groups is 1. The van der Waals surface area contributed by atoms with Crippen LogP contribution in [0.2, 0.25) is 0 Å². The number of rotatable bonds is 5.